The van der Waals surface area contributed by atoms with Gasteiger partial charge in [-0.05, 0) is 44.2 Å². The molecule has 1 heterocycles. The summed E-state index contributed by atoms with van der Waals surface area (Å²) in [6.07, 6.45) is 11.4. The van der Waals surface area contributed by atoms with E-state index >= 15 is 0 Å². The van der Waals surface area contributed by atoms with Gasteiger partial charge in [-0.2, -0.15) is 0 Å². The van der Waals surface area contributed by atoms with Crippen molar-refractivity contribution in [3.05, 3.63) is 0 Å². The van der Waals surface area contributed by atoms with Gasteiger partial charge in [-0.1, -0.05) is 32.1 Å². The fourth-order valence-corrected chi connectivity index (χ4v) is 3.48. The average molecular weight is 266 g/mol. The Kier molecular flexibility index (Phi) is 6.15. The highest BCUT2D eigenvalue weighted by Gasteiger charge is 2.20. The molecule has 2 fully saturated rings. The number of amides is 1. The lowest BCUT2D eigenvalue weighted by molar-refractivity contribution is -0.131. The van der Waals surface area contributed by atoms with Crippen molar-refractivity contribution in [3.63, 3.8) is 0 Å². The van der Waals surface area contributed by atoms with Crippen LogP contribution in [0.1, 0.15) is 57.8 Å². The topological polar surface area (TPSA) is 32.3 Å². The number of nitrogens with one attached hydrogen (secondary N) is 1. The Labute approximate surface area is 118 Å². The van der Waals surface area contributed by atoms with Gasteiger partial charge in [-0.15, -0.1) is 0 Å². The first kappa shape index (κ1) is 14.8. The molecule has 0 aromatic carbocycles. The largest absolute Gasteiger partial charge is 0.346 e. The molecule has 0 aromatic rings. The van der Waals surface area contributed by atoms with Crippen molar-refractivity contribution in [3.8, 4) is 0 Å². The predicted molar refractivity (Wildman–Crippen MR) is 79.0 cm³/mol. The molecule has 1 aliphatic carbocycles. The molecular formula is C16H30N2O. The number of hydrogen-bond donors (Lipinski definition) is 1. The van der Waals surface area contributed by atoms with E-state index in [1.165, 1.54) is 51.4 Å². The lowest BCUT2D eigenvalue weighted by atomic mass is 9.87. The Morgan fingerprint density at radius 2 is 1.84 bits per heavy atom. The van der Waals surface area contributed by atoms with Gasteiger partial charge in [0, 0.05) is 20.0 Å². The van der Waals surface area contributed by atoms with Gasteiger partial charge in [0.15, 0.2) is 0 Å². The maximum atomic E-state index is 12.2. The molecule has 1 saturated carbocycles. The van der Waals surface area contributed by atoms with E-state index in [4.69, 9.17) is 0 Å². The molecule has 3 heteroatoms. The molecule has 2 rings (SSSR count). The van der Waals surface area contributed by atoms with Crippen molar-refractivity contribution in [2.75, 3.05) is 26.7 Å². The second-order valence-corrected chi connectivity index (χ2v) is 6.52. The van der Waals surface area contributed by atoms with Crippen LogP contribution >= 0.6 is 0 Å². The number of hydrogen-bond acceptors (Lipinski definition) is 2. The highest BCUT2D eigenvalue weighted by atomic mass is 16.2. The molecule has 1 saturated heterocycles. The first-order valence-corrected chi connectivity index (χ1v) is 8.20. The van der Waals surface area contributed by atoms with E-state index in [0.29, 0.717) is 11.8 Å². The lowest BCUT2D eigenvalue weighted by Crippen LogP contribution is -2.35. The second kappa shape index (κ2) is 7.88. The molecule has 2 aliphatic rings. The summed E-state index contributed by atoms with van der Waals surface area (Å²) in [5.41, 5.74) is 0. The third kappa shape index (κ3) is 5.13. The maximum absolute atomic E-state index is 12.2. The molecule has 110 valence electrons. The molecule has 1 atom stereocenters. The van der Waals surface area contributed by atoms with Gasteiger partial charge in [-0.3, -0.25) is 4.79 Å². The Morgan fingerprint density at radius 1 is 1.11 bits per heavy atom. The Hall–Kier alpha value is -0.570. The summed E-state index contributed by atoms with van der Waals surface area (Å²) in [7, 11) is 1.99. The van der Waals surface area contributed by atoms with Gasteiger partial charge in [0.1, 0.15) is 0 Å². The van der Waals surface area contributed by atoms with Crippen LogP contribution in [0.3, 0.4) is 0 Å². The van der Waals surface area contributed by atoms with Crippen LogP contribution in [-0.2, 0) is 4.79 Å². The summed E-state index contributed by atoms with van der Waals surface area (Å²) in [6, 6.07) is 0. The summed E-state index contributed by atoms with van der Waals surface area (Å²) >= 11 is 0. The number of carbonyl (C=O) groups is 1. The highest BCUT2D eigenvalue weighted by molar-refractivity contribution is 5.76. The Morgan fingerprint density at radius 3 is 2.53 bits per heavy atom. The van der Waals surface area contributed by atoms with Crippen LogP contribution in [-0.4, -0.2) is 37.5 Å². The lowest BCUT2D eigenvalue weighted by Gasteiger charge is -2.27. The fourth-order valence-electron chi connectivity index (χ4n) is 3.48. The van der Waals surface area contributed by atoms with Crippen molar-refractivity contribution in [1.29, 1.82) is 0 Å². The van der Waals surface area contributed by atoms with E-state index in [1.807, 2.05) is 11.9 Å². The Balaban J connectivity index is 1.63. The van der Waals surface area contributed by atoms with Gasteiger partial charge >= 0.3 is 0 Å². The van der Waals surface area contributed by atoms with Crippen LogP contribution in [0, 0.1) is 11.8 Å². The van der Waals surface area contributed by atoms with Gasteiger partial charge in [0.2, 0.25) is 5.91 Å². The SMILES string of the molecule is CN(CCC1CCCCC1)C(=O)CC1CCCNC1. The monoisotopic (exact) mass is 266 g/mol. The van der Waals surface area contributed by atoms with Crippen molar-refractivity contribution in [2.45, 2.75) is 57.8 Å². The molecule has 1 unspecified atom stereocenters. The van der Waals surface area contributed by atoms with Gasteiger partial charge in [0.05, 0.1) is 0 Å². The highest BCUT2D eigenvalue weighted by Crippen LogP contribution is 2.26. The molecule has 3 nitrogen and oxygen atoms in total. The quantitative estimate of drug-likeness (QED) is 0.830. The predicted octanol–water partition coefficient (Wildman–Crippen LogP) is 2.80. The minimum absolute atomic E-state index is 0.351. The Bertz CT molecular complexity index is 268. The van der Waals surface area contributed by atoms with E-state index in [-0.39, 0.29) is 0 Å². The van der Waals surface area contributed by atoms with E-state index in [9.17, 15) is 4.79 Å². The van der Waals surface area contributed by atoms with Crippen LogP contribution in [0.5, 0.6) is 0 Å². The van der Waals surface area contributed by atoms with Crippen molar-refractivity contribution >= 4 is 5.91 Å². The molecule has 1 N–H and O–H groups in total. The van der Waals surface area contributed by atoms with Crippen molar-refractivity contribution in [1.82, 2.24) is 10.2 Å². The minimum atomic E-state index is 0.351. The van der Waals surface area contributed by atoms with Crippen LogP contribution in [0.15, 0.2) is 0 Å². The zero-order valence-electron chi connectivity index (χ0n) is 12.5. The van der Waals surface area contributed by atoms with Crippen LogP contribution < -0.4 is 5.32 Å². The summed E-state index contributed by atoms with van der Waals surface area (Å²) < 4.78 is 0. The summed E-state index contributed by atoms with van der Waals surface area (Å²) in [6.45, 7) is 3.12. The molecule has 1 amide bonds. The maximum Gasteiger partial charge on any atom is 0.222 e. The zero-order chi connectivity index (χ0) is 13.5. The third-order valence-electron chi connectivity index (χ3n) is 4.89. The van der Waals surface area contributed by atoms with Crippen LogP contribution in [0.2, 0.25) is 0 Å². The zero-order valence-corrected chi connectivity index (χ0v) is 12.5. The summed E-state index contributed by atoms with van der Waals surface area (Å²) in [4.78, 5) is 14.2. The average Bonchev–Trinajstić information content (AvgIpc) is 2.47. The van der Waals surface area contributed by atoms with Crippen molar-refractivity contribution in [2.24, 2.45) is 11.8 Å². The second-order valence-electron chi connectivity index (χ2n) is 6.52. The van der Waals surface area contributed by atoms with Crippen LogP contribution in [0.25, 0.3) is 0 Å². The first-order valence-electron chi connectivity index (χ1n) is 8.20. The van der Waals surface area contributed by atoms with E-state index in [1.54, 1.807) is 0 Å². The fraction of sp³-hybridized carbons (Fsp3) is 0.938. The minimum Gasteiger partial charge on any atom is -0.346 e. The number of rotatable bonds is 5. The van der Waals surface area contributed by atoms with E-state index in [0.717, 1.165) is 32.0 Å². The summed E-state index contributed by atoms with van der Waals surface area (Å²) in [5.74, 6) is 1.79. The molecular weight excluding hydrogens is 236 g/mol. The third-order valence-corrected chi connectivity index (χ3v) is 4.89. The van der Waals surface area contributed by atoms with Gasteiger partial charge in [-0.25, -0.2) is 0 Å². The molecule has 0 bridgehead atoms. The normalized spacial score (nSPS) is 25.2. The smallest absolute Gasteiger partial charge is 0.222 e. The molecule has 0 radical (unpaired) electrons. The van der Waals surface area contributed by atoms with Gasteiger partial charge in [0.25, 0.3) is 0 Å². The standard InChI is InChI=1S/C16H30N2O/c1-18(11-9-14-6-3-2-4-7-14)16(19)12-15-8-5-10-17-13-15/h14-15,17H,2-13H2,1H3. The number of nitrogens with zero attached hydrogens (tertiary/aromatic N) is 1. The number of carbonyl (C=O) groups excluding carboxylic acids is 1. The van der Waals surface area contributed by atoms with Crippen molar-refractivity contribution < 1.29 is 4.79 Å². The molecule has 1 aliphatic heterocycles. The van der Waals surface area contributed by atoms with E-state index in [2.05, 4.69) is 5.32 Å². The summed E-state index contributed by atoms with van der Waals surface area (Å²) in [5, 5.41) is 3.39. The number of piperidine rings is 1. The van der Waals surface area contributed by atoms with Crippen LogP contribution in [0.4, 0.5) is 0 Å². The molecule has 0 aromatic heterocycles. The molecule has 0 spiro atoms. The molecule has 19 heavy (non-hydrogen) atoms. The van der Waals surface area contributed by atoms with E-state index < -0.39 is 0 Å². The first-order chi connectivity index (χ1) is 9.25. The van der Waals surface area contributed by atoms with Gasteiger partial charge < -0.3 is 10.2 Å².